The van der Waals surface area contributed by atoms with Gasteiger partial charge in [-0.05, 0) is 24.6 Å². The fourth-order valence-electron chi connectivity index (χ4n) is 2.96. The van der Waals surface area contributed by atoms with E-state index in [0.717, 1.165) is 24.4 Å². The van der Waals surface area contributed by atoms with Gasteiger partial charge in [-0.25, -0.2) is 9.97 Å². The highest BCUT2D eigenvalue weighted by Gasteiger charge is 2.34. The molecule has 25 heavy (non-hydrogen) atoms. The third-order valence-corrected chi connectivity index (χ3v) is 4.33. The van der Waals surface area contributed by atoms with Crippen molar-refractivity contribution in [1.29, 1.82) is 5.26 Å². The Hall–Kier alpha value is -2.82. The average Bonchev–Trinajstić information content (AvgIpc) is 3.10. The van der Waals surface area contributed by atoms with E-state index in [0.29, 0.717) is 18.7 Å². The quantitative estimate of drug-likeness (QED) is 0.854. The highest BCUT2D eigenvalue weighted by molar-refractivity contribution is 5.60. The van der Waals surface area contributed by atoms with E-state index in [4.69, 9.17) is 0 Å². The highest BCUT2D eigenvalue weighted by atomic mass is 19.4. The lowest BCUT2D eigenvalue weighted by Crippen LogP contribution is -2.36. The number of nitrogens with zero attached hydrogens (tertiary/aromatic N) is 5. The van der Waals surface area contributed by atoms with Crippen molar-refractivity contribution >= 4 is 11.6 Å². The molecule has 3 rings (SSSR count). The number of benzene rings is 1. The van der Waals surface area contributed by atoms with Crippen molar-refractivity contribution in [3.8, 4) is 6.07 Å². The van der Waals surface area contributed by atoms with Crippen LogP contribution in [0.4, 0.5) is 24.8 Å². The summed E-state index contributed by atoms with van der Waals surface area (Å²) in [4.78, 5) is 11.3. The van der Waals surface area contributed by atoms with Crippen LogP contribution in [0.2, 0.25) is 0 Å². The van der Waals surface area contributed by atoms with Crippen LogP contribution in [0.1, 0.15) is 17.7 Å². The maximum Gasteiger partial charge on any atom is 0.433 e. The number of likely N-dealkylation sites (N-methyl/N-ethyl adjacent to an activating group) is 1. The Morgan fingerprint density at radius 1 is 1.28 bits per heavy atom. The second-order valence-electron chi connectivity index (χ2n) is 5.87. The first-order valence-electron chi connectivity index (χ1n) is 7.77. The minimum atomic E-state index is -4.49. The van der Waals surface area contributed by atoms with Crippen LogP contribution >= 0.6 is 0 Å². The molecule has 0 bridgehead atoms. The fourth-order valence-corrected chi connectivity index (χ4v) is 2.96. The van der Waals surface area contributed by atoms with Crippen molar-refractivity contribution in [1.82, 2.24) is 9.97 Å². The summed E-state index contributed by atoms with van der Waals surface area (Å²) in [5, 5.41) is 9.23. The third kappa shape index (κ3) is 3.50. The predicted octanol–water partition coefficient (Wildman–Crippen LogP) is 3.08. The van der Waals surface area contributed by atoms with Crippen molar-refractivity contribution in [2.45, 2.75) is 18.6 Å². The van der Waals surface area contributed by atoms with E-state index in [2.05, 4.69) is 20.9 Å². The van der Waals surface area contributed by atoms with Gasteiger partial charge in [0.15, 0.2) is 0 Å². The van der Waals surface area contributed by atoms with Gasteiger partial charge in [0.2, 0.25) is 5.95 Å². The monoisotopic (exact) mass is 347 g/mol. The summed E-state index contributed by atoms with van der Waals surface area (Å²) in [7, 11) is 1.69. The second-order valence-corrected chi connectivity index (χ2v) is 5.87. The number of hydrogen-bond acceptors (Lipinski definition) is 5. The molecule has 0 spiro atoms. The minimum Gasteiger partial charge on any atom is -0.368 e. The predicted molar refractivity (Wildman–Crippen MR) is 87.2 cm³/mol. The number of anilines is 2. The van der Waals surface area contributed by atoms with Gasteiger partial charge in [-0.3, -0.25) is 0 Å². The molecule has 0 saturated carbocycles. The number of para-hydroxylation sites is 1. The molecular weight excluding hydrogens is 331 g/mol. The number of rotatable bonds is 3. The normalized spacial score (nSPS) is 17.4. The van der Waals surface area contributed by atoms with Gasteiger partial charge in [0.25, 0.3) is 0 Å². The lowest BCUT2D eigenvalue weighted by Gasteiger charge is -2.26. The minimum absolute atomic E-state index is 0.0322. The summed E-state index contributed by atoms with van der Waals surface area (Å²) in [5.41, 5.74) is 0.473. The first kappa shape index (κ1) is 17.0. The van der Waals surface area contributed by atoms with E-state index in [1.54, 1.807) is 24.1 Å². The van der Waals surface area contributed by atoms with Crippen LogP contribution in [0.3, 0.4) is 0 Å². The van der Waals surface area contributed by atoms with E-state index in [9.17, 15) is 18.4 Å². The Morgan fingerprint density at radius 2 is 2.04 bits per heavy atom. The molecule has 0 amide bonds. The topological polar surface area (TPSA) is 56.1 Å². The Labute approximate surface area is 143 Å². The van der Waals surface area contributed by atoms with Gasteiger partial charge >= 0.3 is 6.18 Å². The van der Waals surface area contributed by atoms with Crippen molar-refractivity contribution in [2.24, 2.45) is 0 Å². The third-order valence-electron chi connectivity index (χ3n) is 4.33. The number of aromatic nitrogens is 2. The van der Waals surface area contributed by atoms with Crippen LogP contribution in [-0.2, 0) is 6.18 Å². The molecule has 130 valence electrons. The molecule has 1 fully saturated rings. The molecule has 0 radical (unpaired) electrons. The molecule has 0 N–H and O–H groups in total. The molecule has 1 aliphatic rings. The molecule has 1 aromatic carbocycles. The van der Waals surface area contributed by atoms with E-state index in [1.807, 2.05) is 12.1 Å². The van der Waals surface area contributed by atoms with Crippen LogP contribution in [0, 0.1) is 11.3 Å². The number of alkyl halides is 3. The summed E-state index contributed by atoms with van der Waals surface area (Å²) in [6.45, 7) is 1.31. The molecule has 8 heteroatoms. The van der Waals surface area contributed by atoms with Gasteiger partial charge in [-0.1, -0.05) is 12.1 Å². The van der Waals surface area contributed by atoms with E-state index >= 15 is 0 Å². The first-order valence-corrected chi connectivity index (χ1v) is 7.77. The van der Waals surface area contributed by atoms with Crippen LogP contribution in [-0.4, -0.2) is 36.1 Å². The Morgan fingerprint density at radius 3 is 2.76 bits per heavy atom. The summed E-state index contributed by atoms with van der Waals surface area (Å²) in [6.07, 6.45) is -2.62. The average molecular weight is 347 g/mol. The van der Waals surface area contributed by atoms with Crippen LogP contribution in [0.15, 0.2) is 36.5 Å². The lowest BCUT2D eigenvalue weighted by atomic mass is 10.2. The van der Waals surface area contributed by atoms with Crippen molar-refractivity contribution in [3.63, 3.8) is 0 Å². The molecule has 1 aliphatic heterocycles. The first-order chi connectivity index (χ1) is 11.9. The summed E-state index contributed by atoms with van der Waals surface area (Å²) in [5.74, 6) is 0.0512. The van der Waals surface area contributed by atoms with E-state index < -0.39 is 11.9 Å². The Kier molecular flexibility index (Phi) is 4.49. The molecule has 0 aliphatic carbocycles. The van der Waals surface area contributed by atoms with Crippen LogP contribution in [0.5, 0.6) is 0 Å². The molecule has 2 aromatic rings. The Balaban J connectivity index is 1.77. The van der Waals surface area contributed by atoms with Crippen LogP contribution < -0.4 is 9.80 Å². The smallest absolute Gasteiger partial charge is 0.368 e. The number of nitriles is 1. The van der Waals surface area contributed by atoms with Gasteiger partial charge in [0, 0.05) is 26.3 Å². The summed E-state index contributed by atoms with van der Waals surface area (Å²) >= 11 is 0. The summed E-state index contributed by atoms with van der Waals surface area (Å²) in [6, 6.07) is 10.3. The Bertz CT molecular complexity index is 799. The molecule has 5 nitrogen and oxygen atoms in total. The number of halogens is 3. The zero-order valence-corrected chi connectivity index (χ0v) is 13.5. The molecule has 1 aromatic heterocycles. The van der Waals surface area contributed by atoms with Crippen molar-refractivity contribution in [3.05, 3.63) is 47.8 Å². The highest BCUT2D eigenvalue weighted by Crippen LogP contribution is 2.30. The maximum absolute atomic E-state index is 12.8. The molecule has 1 unspecified atom stereocenters. The molecule has 1 saturated heterocycles. The second kappa shape index (κ2) is 6.59. The maximum atomic E-state index is 12.8. The molecule has 2 heterocycles. The number of hydrogen-bond donors (Lipinski definition) is 0. The molecule has 1 atom stereocenters. The zero-order valence-electron chi connectivity index (χ0n) is 13.5. The van der Waals surface area contributed by atoms with Gasteiger partial charge < -0.3 is 9.80 Å². The van der Waals surface area contributed by atoms with Gasteiger partial charge in [0.1, 0.15) is 11.8 Å². The van der Waals surface area contributed by atoms with Gasteiger partial charge in [-0.15, -0.1) is 0 Å². The zero-order chi connectivity index (χ0) is 18.0. The summed E-state index contributed by atoms with van der Waals surface area (Å²) < 4.78 is 38.5. The SMILES string of the molecule is CN(c1nccc(C(F)(F)F)n1)C1CCN(c2ccccc2C#N)C1. The van der Waals surface area contributed by atoms with E-state index in [1.165, 1.54) is 0 Å². The molecular formula is C17H16F3N5. The standard InChI is InChI=1S/C17H16F3N5/c1-24(16-22-8-6-15(23-16)17(18,19)20)13-7-9-25(11-13)14-5-3-2-4-12(14)10-21/h2-6,8,13H,7,9,11H2,1H3. The van der Waals surface area contributed by atoms with Crippen LogP contribution in [0.25, 0.3) is 0 Å². The van der Waals surface area contributed by atoms with Gasteiger partial charge in [0.05, 0.1) is 17.3 Å². The largest absolute Gasteiger partial charge is 0.433 e. The lowest BCUT2D eigenvalue weighted by molar-refractivity contribution is -0.141. The van der Waals surface area contributed by atoms with Crippen molar-refractivity contribution < 1.29 is 13.2 Å². The van der Waals surface area contributed by atoms with Crippen molar-refractivity contribution in [2.75, 3.05) is 29.9 Å². The fraction of sp³-hybridized carbons (Fsp3) is 0.353. The van der Waals surface area contributed by atoms with E-state index in [-0.39, 0.29) is 12.0 Å². The van der Waals surface area contributed by atoms with Gasteiger partial charge in [-0.2, -0.15) is 18.4 Å².